The number of carbonyl (C=O) groups is 1. The Morgan fingerprint density at radius 2 is 2.04 bits per heavy atom. The number of anilines is 1. The molecular formula is C19H22N2O4S2. The minimum atomic E-state index is -3.85. The molecule has 0 bridgehead atoms. The zero-order valence-electron chi connectivity index (χ0n) is 15.2. The van der Waals surface area contributed by atoms with Gasteiger partial charge in [-0.2, -0.15) is 0 Å². The van der Waals surface area contributed by atoms with Crippen LogP contribution >= 0.6 is 11.8 Å². The number of nitrogens with one attached hydrogen (secondary N) is 2. The fourth-order valence-electron chi connectivity index (χ4n) is 2.99. The van der Waals surface area contributed by atoms with Gasteiger partial charge in [0.15, 0.2) is 0 Å². The Hall–Kier alpha value is -2.03. The van der Waals surface area contributed by atoms with Crippen molar-refractivity contribution in [2.45, 2.75) is 36.1 Å². The zero-order chi connectivity index (χ0) is 19.4. The first-order valence-electron chi connectivity index (χ1n) is 8.69. The number of amides is 1. The molecule has 2 N–H and O–H groups in total. The molecule has 3 rings (SSSR count). The van der Waals surface area contributed by atoms with Gasteiger partial charge in [0.25, 0.3) is 0 Å². The minimum Gasteiger partial charge on any atom is -0.492 e. The number of hydrogen-bond acceptors (Lipinski definition) is 5. The number of ether oxygens (including phenoxy) is 1. The van der Waals surface area contributed by atoms with Crippen molar-refractivity contribution in [2.24, 2.45) is 0 Å². The molecule has 0 aliphatic carbocycles. The molecule has 27 heavy (non-hydrogen) atoms. The van der Waals surface area contributed by atoms with Gasteiger partial charge < -0.3 is 10.1 Å². The van der Waals surface area contributed by atoms with Gasteiger partial charge >= 0.3 is 0 Å². The second kappa shape index (κ2) is 8.33. The average Bonchev–Trinajstić information content (AvgIpc) is 2.63. The highest BCUT2D eigenvalue weighted by atomic mass is 32.2. The summed E-state index contributed by atoms with van der Waals surface area (Å²) in [6.45, 7) is 3.50. The highest BCUT2D eigenvalue weighted by Crippen LogP contribution is 2.37. The zero-order valence-corrected chi connectivity index (χ0v) is 16.8. The second-order valence-corrected chi connectivity index (χ2v) is 8.94. The van der Waals surface area contributed by atoms with Crippen LogP contribution in [0.25, 0.3) is 0 Å². The Bertz CT molecular complexity index is 944. The van der Waals surface area contributed by atoms with Crippen LogP contribution in [0.5, 0.6) is 5.75 Å². The summed E-state index contributed by atoms with van der Waals surface area (Å²) < 4.78 is 34.6. The van der Waals surface area contributed by atoms with Crippen molar-refractivity contribution >= 4 is 33.4 Å². The number of sulfonamides is 1. The topological polar surface area (TPSA) is 84.5 Å². The van der Waals surface area contributed by atoms with Crippen LogP contribution in [-0.2, 0) is 14.8 Å². The SMILES string of the molecule is CCOc1ccc(NC(C)=O)cc1S(=O)(=O)NC1CCSc2ccccc21. The average molecular weight is 407 g/mol. The van der Waals surface area contributed by atoms with E-state index in [1.165, 1.54) is 13.0 Å². The van der Waals surface area contributed by atoms with Crippen molar-refractivity contribution < 1.29 is 17.9 Å². The van der Waals surface area contributed by atoms with E-state index in [4.69, 9.17) is 4.74 Å². The summed E-state index contributed by atoms with van der Waals surface area (Å²) in [6.07, 6.45) is 0.705. The van der Waals surface area contributed by atoms with E-state index in [0.717, 1.165) is 16.2 Å². The van der Waals surface area contributed by atoms with Crippen molar-refractivity contribution in [3.8, 4) is 5.75 Å². The van der Waals surface area contributed by atoms with E-state index >= 15 is 0 Å². The Kier molecular flexibility index (Phi) is 6.08. The van der Waals surface area contributed by atoms with Gasteiger partial charge in [0.1, 0.15) is 10.6 Å². The molecule has 1 unspecified atom stereocenters. The number of fused-ring (bicyclic) bond motifs is 1. The van der Waals surface area contributed by atoms with Crippen LogP contribution in [0.1, 0.15) is 31.9 Å². The molecule has 2 aromatic rings. The molecular weight excluding hydrogens is 384 g/mol. The van der Waals surface area contributed by atoms with Crippen molar-refractivity contribution in [3.63, 3.8) is 0 Å². The summed E-state index contributed by atoms with van der Waals surface area (Å²) in [5, 5.41) is 2.62. The quantitative estimate of drug-likeness (QED) is 0.766. The van der Waals surface area contributed by atoms with E-state index in [2.05, 4.69) is 10.0 Å². The molecule has 8 heteroatoms. The van der Waals surface area contributed by atoms with Gasteiger partial charge in [0.2, 0.25) is 15.9 Å². The predicted octanol–water partition coefficient (Wildman–Crippen LogP) is 3.56. The van der Waals surface area contributed by atoms with Gasteiger partial charge in [0, 0.05) is 23.5 Å². The van der Waals surface area contributed by atoms with Gasteiger partial charge in [-0.05, 0) is 48.9 Å². The lowest BCUT2D eigenvalue weighted by atomic mass is 10.1. The summed E-state index contributed by atoms with van der Waals surface area (Å²) in [7, 11) is -3.85. The standard InChI is InChI=1S/C19H22N2O4S2/c1-3-25-17-9-8-14(20-13(2)22)12-19(17)27(23,24)21-16-10-11-26-18-7-5-4-6-15(16)18/h4-9,12,16,21H,3,10-11H2,1-2H3,(H,20,22). The molecule has 0 fully saturated rings. The van der Waals surface area contributed by atoms with E-state index in [0.29, 0.717) is 18.7 Å². The monoisotopic (exact) mass is 406 g/mol. The Morgan fingerprint density at radius 3 is 2.78 bits per heavy atom. The summed E-state index contributed by atoms with van der Waals surface area (Å²) >= 11 is 1.73. The maximum absolute atomic E-state index is 13.1. The number of hydrogen-bond donors (Lipinski definition) is 2. The molecule has 0 spiro atoms. The summed E-state index contributed by atoms with van der Waals surface area (Å²) in [5.41, 5.74) is 1.39. The molecule has 1 heterocycles. The van der Waals surface area contributed by atoms with E-state index in [1.54, 1.807) is 30.8 Å². The Morgan fingerprint density at radius 1 is 1.26 bits per heavy atom. The highest BCUT2D eigenvalue weighted by molar-refractivity contribution is 7.99. The Balaban J connectivity index is 1.95. The van der Waals surface area contributed by atoms with Gasteiger partial charge in [0.05, 0.1) is 6.61 Å². The van der Waals surface area contributed by atoms with Crippen LogP contribution in [0.15, 0.2) is 52.3 Å². The maximum atomic E-state index is 13.1. The number of benzene rings is 2. The first kappa shape index (κ1) is 19.7. The van der Waals surface area contributed by atoms with Crippen LogP contribution in [0, 0.1) is 0 Å². The van der Waals surface area contributed by atoms with Crippen LogP contribution < -0.4 is 14.8 Å². The first-order chi connectivity index (χ1) is 12.9. The molecule has 1 aliphatic heterocycles. The van der Waals surface area contributed by atoms with Crippen molar-refractivity contribution in [1.82, 2.24) is 4.72 Å². The number of carbonyl (C=O) groups excluding carboxylic acids is 1. The molecule has 0 saturated heterocycles. The largest absolute Gasteiger partial charge is 0.492 e. The third-order valence-corrected chi connectivity index (χ3v) is 6.72. The lowest BCUT2D eigenvalue weighted by Crippen LogP contribution is -2.31. The highest BCUT2D eigenvalue weighted by Gasteiger charge is 2.28. The molecule has 1 atom stereocenters. The van der Waals surface area contributed by atoms with Crippen molar-refractivity contribution in [2.75, 3.05) is 17.7 Å². The van der Waals surface area contributed by atoms with E-state index < -0.39 is 10.0 Å². The van der Waals surface area contributed by atoms with Crippen LogP contribution in [0.3, 0.4) is 0 Å². The first-order valence-corrected chi connectivity index (χ1v) is 11.2. The van der Waals surface area contributed by atoms with Gasteiger partial charge in [-0.25, -0.2) is 13.1 Å². The third-order valence-electron chi connectivity index (χ3n) is 4.11. The smallest absolute Gasteiger partial charge is 0.244 e. The van der Waals surface area contributed by atoms with Crippen LogP contribution in [0.2, 0.25) is 0 Å². The van der Waals surface area contributed by atoms with Gasteiger partial charge in [-0.3, -0.25) is 4.79 Å². The minimum absolute atomic E-state index is 0.0197. The van der Waals surface area contributed by atoms with Gasteiger partial charge in [-0.15, -0.1) is 11.8 Å². The number of thioether (sulfide) groups is 1. The lowest BCUT2D eigenvalue weighted by molar-refractivity contribution is -0.114. The fraction of sp³-hybridized carbons (Fsp3) is 0.316. The maximum Gasteiger partial charge on any atom is 0.244 e. The predicted molar refractivity (Wildman–Crippen MR) is 107 cm³/mol. The second-order valence-electron chi connectivity index (χ2n) is 6.12. The lowest BCUT2D eigenvalue weighted by Gasteiger charge is -2.26. The van der Waals surface area contributed by atoms with Crippen LogP contribution in [0.4, 0.5) is 5.69 Å². The molecule has 1 aliphatic rings. The molecule has 6 nitrogen and oxygen atoms in total. The van der Waals surface area contributed by atoms with Gasteiger partial charge in [-0.1, -0.05) is 18.2 Å². The van der Waals surface area contributed by atoms with E-state index in [9.17, 15) is 13.2 Å². The molecule has 2 aromatic carbocycles. The fourth-order valence-corrected chi connectivity index (χ4v) is 5.53. The Labute approximate surface area is 163 Å². The molecule has 0 aromatic heterocycles. The molecule has 0 saturated carbocycles. The van der Waals surface area contributed by atoms with E-state index in [1.807, 2.05) is 24.3 Å². The van der Waals surface area contributed by atoms with Crippen molar-refractivity contribution in [3.05, 3.63) is 48.0 Å². The third kappa shape index (κ3) is 4.63. The summed E-state index contributed by atoms with van der Waals surface area (Å²) in [6, 6.07) is 12.1. The summed E-state index contributed by atoms with van der Waals surface area (Å²) in [4.78, 5) is 12.4. The molecule has 0 radical (unpaired) electrons. The normalized spacial score (nSPS) is 16.4. The number of rotatable bonds is 6. The molecule has 144 valence electrons. The van der Waals surface area contributed by atoms with Crippen molar-refractivity contribution in [1.29, 1.82) is 0 Å². The summed E-state index contributed by atoms with van der Waals surface area (Å²) in [5.74, 6) is 0.834. The van der Waals surface area contributed by atoms with E-state index in [-0.39, 0.29) is 22.6 Å². The molecule has 1 amide bonds. The van der Waals surface area contributed by atoms with Crippen LogP contribution in [-0.4, -0.2) is 26.7 Å².